The van der Waals surface area contributed by atoms with E-state index in [1.807, 2.05) is 17.5 Å². The standard InChI is InChI=1S/C23H28N4O5S/c1-15(22(28)24-13-16-5-4-10-33-16)27-21(14-26-6-8-32-9-7-26)25-18-12-20(31-3)19(30-2)11-17(18)23(27)29/h4-5,10-12,15H,6-9,13-14H2,1-3H3,(H,24,28). The number of carbonyl (C=O) groups excluding carboxylic acids is 1. The molecule has 1 aromatic carbocycles. The number of hydrogen-bond acceptors (Lipinski definition) is 8. The molecule has 2 aromatic heterocycles. The van der Waals surface area contributed by atoms with Crippen molar-refractivity contribution in [2.75, 3.05) is 40.5 Å². The van der Waals surface area contributed by atoms with Crippen molar-refractivity contribution in [3.8, 4) is 11.5 Å². The van der Waals surface area contributed by atoms with Crippen LogP contribution in [-0.2, 0) is 22.6 Å². The van der Waals surface area contributed by atoms with E-state index in [1.54, 1.807) is 37.5 Å². The summed E-state index contributed by atoms with van der Waals surface area (Å²) in [7, 11) is 3.06. The number of fused-ring (bicyclic) bond motifs is 1. The van der Waals surface area contributed by atoms with Gasteiger partial charge in [0.2, 0.25) is 5.91 Å². The molecule has 10 heteroatoms. The first-order valence-electron chi connectivity index (χ1n) is 10.8. The van der Waals surface area contributed by atoms with E-state index in [4.69, 9.17) is 19.2 Å². The summed E-state index contributed by atoms with van der Waals surface area (Å²) in [6.45, 7) is 5.30. The van der Waals surface area contributed by atoms with Gasteiger partial charge in [-0.15, -0.1) is 11.3 Å². The van der Waals surface area contributed by atoms with E-state index in [0.717, 1.165) is 18.0 Å². The van der Waals surface area contributed by atoms with Crippen LogP contribution in [0.3, 0.4) is 0 Å². The van der Waals surface area contributed by atoms with Crippen molar-refractivity contribution in [3.63, 3.8) is 0 Å². The lowest BCUT2D eigenvalue weighted by Gasteiger charge is -2.28. The van der Waals surface area contributed by atoms with Crippen LogP contribution in [0.15, 0.2) is 34.4 Å². The molecule has 1 fully saturated rings. The highest BCUT2D eigenvalue weighted by atomic mass is 32.1. The van der Waals surface area contributed by atoms with Crippen molar-refractivity contribution < 1.29 is 19.0 Å². The van der Waals surface area contributed by atoms with Crippen LogP contribution in [0.1, 0.15) is 23.7 Å². The number of morpholine rings is 1. The molecule has 0 spiro atoms. The number of carbonyl (C=O) groups is 1. The maximum absolute atomic E-state index is 13.6. The fourth-order valence-corrected chi connectivity index (χ4v) is 4.54. The number of aromatic nitrogens is 2. The Kier molecular flexibility index (Phi) is 7.26. The van der Waals surface area contributed by atoms with Gasteiger partial charge in [-0.3, -0.25) is 19.1 Å². The van der Waals surface area contributed by atoms with Gasteiger partial charge < -0.3 is 19.5 Å². The van der Waals surface area contributed by atoms with Gasteiger partial charge in [-0.1, -0.05) is 6.07 Å². The molecule has 33 heavy (non-hydrogen) atoms. The number of hydrogen-bond donors (Lipinski definition) is 1. The minimum Gasteiger partial charge on any atom is -0.493 e. The van der Waals surface area contributed by atoms with Gasteiger partial charge in [0.05, 0.1) is 51.4 Å². The maximum atomic E-state index is 13.6. The fraction of sp³-hybridized carbons (Fsp3) is 0.435. The van der Waals surface area contributed by atoms with Gasteiger partial charge in [0.25, 0.3) is 5.56 Å². The molecule has 176 valence electrons. The normalized spacial score (nSPS) is 15.4. The Balaban J connectivity index is 1.74. The summed E-state index contributed by atoms with van der Waals surface area (Å²) in [4.78, 5) is 34.7. The second-order valence-electron chi connectivity index (χ2n) is 7.79. The third-order valence-electron chi connectivity index (χ3n) is 5.73. The number of nitrogens with zero attached hydrogens (tertiary/aromatic N) is 3. The second-order valence-corrected chi connectivity index (χ2v) is 8.82. The topological polar surface area (TPSA) is 94.9 Å². The predicted molar refractivity (Wildman–Crippen MR) is 126 cm³/mol. The molecule has 4 rings (SSSR count). The Morgan fingerprint density at radius 3 is 2.64 bits per heavy atom. The van der Waals surface area contributed by atoms with Crippen LogP contribution in [0, 0.1) is 0 Å². The molecule has 3 heterocycles. The molecule has 1 amide bonds. The van der Waals surface area contributed by atoms with E-state index in [9.17, 15) is 9.59 Å². The summed E-state index contributed by atoms with van der Waals surface area (Å²) in [6, 6.07) is 6.48. The first kappa shape index (κ1) is 23.2. The summed E-state index contributed by atoms with van der Waals surface area (Å²) in [5.74, 6) is 1.22. The third kappa shape index (κ3) is 5.02. The summed E-state index contributed by atoms with van der Waals surface area (Å²) in [5.41, 5.74) is 0.214. The molecular formula is C23H28N4O5S. The lowest BCUT2D eigenvalue weighted by Crippen LogP contribution is -2.41. The van der Waals surface area contributed by atoms with Crippen molar-refractivity contribution in [2.24, 2.45) is 0 Å². The zero-order valence-corrected chi connectivity index (χ0v) is 19.8. The Morgan fingerprint density at radius 1 is 1.24 bits per heavy atom. The summed E-state index contributed by atoms with van der Waals surface area (Å²) < 4.78 is 17.7. The highest BCUT2D eigenvalue weighted by Crippen LogP contribution is 2.30. The number of benzene rings is 1. The molecule has 0 aliphatic carbocycles. The number of nitrogens with one attached hydrogen (secondary N) is 1. The predicted octanol–water partition coefficient (Wildman–Crippen LogP) is 2.18. The zero-order chi connectivity index (χ0) is 23.4. The van der Waals surface area contributed by atoms with E-state index < -0.39 is 6.04 Å². The summed E-state index contributed by atoms with van der Waals surface area (Å²) >= 11 is 1.57. The van der Waals surface area contributed by atoms with E-state index in [-0.39, 0.29) is 11.5 Å². The van der Waals surface area contributed by atoms with Gasteiger partial charge in [0.15, 0.2) is 11.5 Å². The number of thiophene rings is 1. The van der Waals surface area contributed by atoms with Gasteiger partial charge in [0.1, 0.15) is 11.9 Å². The summed E-state index contributed by atoms with van der Waals surface area (Å²) in [6.07, 6.45) is 0. The number of methoxy groups -OCH3 is 2. The van der Waals surface area contributed by atoms with Crippen molar-refractivity contribution in [1.82, 2.24) is 19.8 Å². The average Bonchev–Trinajstić information content (AvgIpc) is 3.36. The van der Waals surface area contributed by atoms with E-state index in [0.29, 0.717) is 54.5 Å². The fourth-order valence-electron chi connectivity index (χ4n) is 3.89. The van der Waals surface area contributed by atoms with Crippen LogP contribution >= 0.6 is 11.3 Å². The molecule has 1 aliphatic rings. The third-order valence-corrected chi connectivity index (χ3v) is 6.61. The molecule has 0 radical (unpaired) electrons. The van der Waals surface area contributed by atoms with E-state index in [2.05, 4.69) is 10.2 Å². The largest absolute Gasteiger partial charge is 0.493 e. The van der Waals surface area contributed by atoms with Crippen LogP contribution in [0.5, 0.6) is 11.5 Å². The smallest absolute Gasteiger partial charge is 0.262 e. The van der Waals surface area contributed by atoms with Crippen LogP contribution in [0.25, 0.3) is 10.9 Å². The maximum Gasteiger partial charge on any atom is 0.262 e. The van der Waals surface area contributed by atoms with Crippen LogP contribution in [-0.4, -0.2) is 60.9 Å². The lowest BCUT2D eigenvalue weighted by atomic mass is 10.2. The Labute approximate surface area is 195 Å². The molecule has 3 aromatic rings. The first-order chi connectivity index (χ1) is 16.0. The Morgan fingerprint density at radius 2 is 1.97 bits per heavy atom. The average molecular weight is 473 g/mol. The zero-order valence-electron chi connectivity index (χ0n) is 19.0. The molecule has 0 bridgehead atoms. The SMILES string of the molecule is COc1cc2nc(CN3CCOCC3)n(C(C)C(=O)NCc3cccs3)c(=O)c2cc1OC. The van der Waals surface area contributed by atoms with Crippen molar-refractivity contribution in [3.05, 3.63) is 50.7 Å². The first-order valence-corrected chi connectivity index (χ1v) is 11.7. The van der Waals surface area contributed by atoms with Gasteiger partial charge in [-0.2, -0.15) is 0 Å². The molecular weight excluding hydrogens is 444 g/mol. The molecule has 1 N–H and O–H groups in total. The second kappa shape index (κ2) is 10.3. The molecule has 1 unspecified atom stereocenters. The molecule has 1 atom stereocenters. The monoisotopic (exact) mass is 472 g/mol. The highest BCUT2D eigenvalue weighted by Gasteiger charge is 2.24. The minimum absolute atomic E-state index is 0.240. The Bertz CT molecular complexity index is 1170. The number of amides is 1. The van der Waals surface area contributed by atoms with E-state index >= 15 is 0 Å². The van der Waals surface area contributed by atoms with Gasteiger partial charge in [-0.25, -0.2) is 4.98 Å². The number of ether oxygens (including phenoxy) is 3. The van der Waals surface area contributed by atoms with Crippen LogP contribution in [0.4, 0.5) is 0 Å². The molecule has 1 saturated heterocycles. The van der Waals surface area contributed by atoms with Crippen molar-refractivity contribution in [1.29, 1.82) is 0 Å². The minimum atomic E-state index is -0.738. The van der Waals surface area contributed by atoms with Crippen molar-refractivity contribution in [2.45, 2.75) is 26.1 Å². The van der Waals surface area contributed by atoms with Gasteiger partial charge in [0, 0.05) is 24.0 Å². The highest BCUT2D eigenvalue weighted by molar-refractivity contribution is 7.09. The van der Waals surface area contributed by atoms with Gasteiger partial charge >= 0.3 is 0 Å². The molecule has 1 aliphatic heterocycles. The van der Waals surface area contributed by atoms with Gasteiger partial charge in [-0.05, 0) is 24.4 Å². The quantitative estimate of drug-likeness (QED) is 0.537. The Hall–Kier alpha value is -2.95. The summed E-state index contributed by atoms with van der Waals surface area (Å²) in [5, 5.41) is 5.27. The molecule has 0 saturated carbocycles. The lowest BCUT2D eigenvalue weighted by molar-refractivity contribution is -0.124. The van der Waals surface area contributed by atoms with E-state index in [1.165, 1.54) is 11.7 Å². The number of rotatable bonds is 8. The van der Waals surface area contributed by atoms with Crippen molar-refractivity contribution >= 4 is 28.1 Å². The van der Waals surface area contributed by atoms with Crippen LogP contribution < -0.4 is 20.3 Å². The molecule has 9 nitrogen and oxygen atoms in total. The van der Waals surface area contributed by atoms with Crippen LogP contribution in [0.2, 0.25) is 0 Å².